The lowest BCUT2D eigenvalue weighted by atomic mass is 10.3. The summed E-state index contributed by atoms with van der Waals surface area (Å²) in [5.74, 6) is 0.0255. The third-order valence-electron chi connectivity index (χ3n) is 2.55. The molecular weight excluding hydrogens is 384 g/mol. The molecule has 2 aromatic rings. The third kappa shape index (κ3) is 8.93. The summed E-state index contributed by atoms with van der Waals surface area (Å²) < 4.78 is 9.14. The van der Waals surface area contributed by atoms with Gasteiger partial charge in [-0.3, -0.25) is 25.0 Å². The number of ether oxygens (including phenoxy) is 2. The lowest BCUT2D eigenvalue weighted by Crippen LogP contribution is -2.01. The molecular formula is C16H15ClN2O8. The molecule has 0 bridgehead atoms. The van der Waals surface area contributed by atoms with E-state index < -0.39 is 21.2 Å². The van der Waals surface area contributed by atoms with Gasteiger partial charge in [-0.25, -0.2) is 4.79 Å². The Morgan fingerprint density at radius 3 is 1.41 bits per heavy atom. The molecule has 0 aliphatic heterocycles. The quantitative estimate of drug-likeness (QED) is 0.241. The molecule has 2 rings (SSSR count). The molecule has 0 fully saturated rings. The minimum absolute atomic E-state index is 0. The van der Waals surface area contributed by atoms with Crippen LogP contribution < -0.4 is 9.47 Å². The fourth-order valence-corrected chi connectivity index (χ4v) is 1.62. The molecule has 144 valence electrons. The zero-order chi connectivity index (χ0) is 19.7. The van der Waals surface area contributed by atoms with Crippen molar-refractivity contribution < 1.29 is 28.9 Å². The van der Waals surface area contributed by atoms with Crippen LogP contribution in [0.3, 0.4) is 0 Å². The first-order valence-corrected chi connectivity index (χ1v) is 7.11. The Hall–Kier alpha value is -3.53. The fourth-order valence-electron chi connectivity index (χ4n) is 1.53. The molecule has 0 unspecified atom stereocenters. The lowest BCUT2D eigenvalue weighted by molar-refractivity contribution is -0.385. The molecule has 0 radical (unpaired) electrons. The van der Waals surface area contributed by atoms with Crippen LogP contribution in [0.4, 0.5) is 16.2 Å². The highest BCUT2D eigenvalue weighted by atomic mass is 35.5. The highest BCUT2D eigenvalue weighted by Gasteiger charge is 2.06. The Labute approximate surface area is 158 Å². The first kappa shape index (κ1) is 23.5. The van der Waals surface area contributed by atoms with Gasteiger partial charge in [0.2, 0.25) is 0 Å². The van der Waals surface area contributed by atoms with Gasteiger partial charge in [-0.15, -0.1) is 0 Å². The molecule has 0 atom stereocenters. The van der Waals surface area contributed by atoms with E-state index in [9.17, 15) is 29.8 Å². The van der Waals surface area contributed by atoms with Crippen LogP contribution in [-0.4, -0.2) is 21.2 Å². The lowest BCUT2D eigenvalue weighted by Gasteiger charge is -1.98. The van der Waals surface area contributed by atoms with Gasteiger partial charge < -0.3 is 9.47 Å². The Balaban J connectivity index is 0.000000483. The number of carbonyl (C=O) groups is 2. The molecule has 0 heterocycles. The minimum Gasteiger partial charge on any atom is -0.427 e. The van der Waals surface area contributed by atoms with Crippen molar-refractivity contribution >= 4 is 34.4 Å². The summed E-state index contributed by atoms with van der Waals surface area (Å²) in [4.78, 5) is 40.1. The van der Waals surface area contributed by atoms with Gasteiger partial charge in [0, 0.05) is 42.8 Å². The number of nitrogens with zero attached hydrogens (tertiary/aromatic N) is 2. The van der Waals surface area contributed by atoms with Crippen LogP contribution in [0, 0.1) is 20.2 Å². The maximum absolute atomic E-state index is 10.5. The molecule has 0 saturated heterocycles. The summed E-state index contributed by atoms with van der Waals surface area (Å²) in [6, 6.07) is 10.3. The maximum Gasteiger partial charge on any atom is 0.409 e. The number of hydrogen-bond donors (Lipinski definition) is 0. The zero-order valence-corrected chi connectivity index (χ0v) is 13.9. The highest BCUT2D eigenvalue weighted by molar-refractivity contribution is 6.61. The van der Waals surface area contributed by atoms with Crippen LogP contribution in [0.5, 0.6) is 11.5 Å². The second kappa shape index (κ2) is 11.2. The normalized spacial score (nSPS) is 8.96. The largest absolute Gasteiger partial charge is 0.427 e. The minimum atomic E-state index is -0.978. The second-order valence-electron chi connectivity index (χ2n) is 4.44. The van der Waals surface area contributed by atoms with E-state index in [0.29, 0.717) is 5.75 Å². The summed E-state index contributed by atoms with van der Waals surface area (Å²) in [6.07, 6.45) is 0. The van der Waals surface area contributed by atoms with Gasteiger partial charge in [-0.2, -0.15) is 0 Å². The van der Waals surface area contributed by atoms with Crippen molar-refractivity contribution in [2.24, 2.45) is 0 Å². The number of benzene rings is 2. The van der Waals surface area contributed by atoms with Crippen molar-refractivity contribution in [1.29, 1.82) is 0 Å². The van der Waals surface area contributed by atoms with Gasteiger partial charge in [0.25, 0.3) is 11.4 Å². The first-order valence-electron chi connectivity index (χ1n) is 6.73. The molecule has 0 spiro atoms. The Kier molecular flexibility index (Phi) is 9.70. The second-order valence-corrected chi connectivity index (χ2v) is 4.74. The Morgan fingerprint density at radius 2 is 1.15 bits per heavy atom. The molecule has 2 aromatic carbocycles. The topological polar surface area (TPSA) is 139 Å². The van der Waals surface area contributed by atoms with Crippen LogP contribution in [0.25, 0.3) is 0 Å². The molecule has 0 aromatic heterocycles. The van der Waals surface area contributed by atoms with Crippen molar-refractivity contribution in [3.63, 3.8) is 0 Å². The number of nitro groups is 2. The Morgan fingerprint density at radius 1 is 0.815 bits per heavy atom. The Bertz CT molecular complexity index is 737. The van der Waals surface area contributed by atoms with Gasteiger partial charge in [0.15, 0.2) is 0 Å². The number of rotatable bonds is 4. The molecule has 11 heteroatoms. The predicted molar refractivity (Wildman–Crippen MR) is 96.1 cm³/mol. The van der Waals surface area contributed by atoms with Gasteiger partial charge in [0.1, 0.15) is 11.5 Å². The maximum atomic E-state index is 10.5. The number of nitro benzene ring substituents is 2. The van der Waals surface area contributed by atoms with Gasteiger partial charge >= 0.3 is 11.4 Å². The summed E-state index contributed by atoms with van der Waals surface area (Å²) >= 11 is 4.92. The van der Waals surface area contributed by atoms with Crippen LogP contribution in [0.2, 0.25) is 0 Å². The summed E-state index contributed by atoms with van der Waals surface area (Å²) in [7, 11) is 0. The average Bonchev–Trinajstić information content (AvgIpc) is 2.55. The number of hydrogen-bond acceptors (Lipinski definition) is 8. The third-order valence-corrected chi connectivity index (χ3v) is 2.63. The van der Waals surface area contributed by atoms with E-state index in [2.05, 4.69) is 9.47 Å². The van der Waals surface area contributed by atoms with E-state index in [4.69, 9.17) is 11.6 Å². The monoisotopic (exact) mass is 398 g/mol. The van der Waals surface area contributed by atoms with E-state index in [1.807, 2.05) is 0 Å². The average molecular weight is 399 g/mol. The van der Waals surface area contributed by atoms with Crippen LogP contribution in [0.15, 0.2) is 48.5 Å². The molecule has 27 heavy (non-hydrogen) atoms. The molecule has 0 aliphatic carbocycles. The van der Waals surface area contributed by atoms with E-state index in [1.165, 1.54) is 55.5 Å². The number of esters is 1. The van der Waals surface area contributed by atoms with E-state index >= 15 is 0 Å². The molecule has 0 saturated carbocycles. The highest BCUT2D eigenvalue weighted by Crippen LogP contribution is 2.18. The van der Waals surface area contributed by atoms with E-state index in [0.717, 1.165) is 0 Å². The molecule has 0 aliphatic rings. The van der Waals surface area contributed by atoms with Crippen molar-refractivity contribution in [2.75, 3.05) is 0 Å². The summed E-state index contributed by atoms with van der Waals surface area (Å²) in [5, 5.41) is 20.4. The smallest absolute Gasteiger partial charge is 0.409 e. The first-order chi connectivity index (χ1) is 12.2. The SMILES string of the molecule is C.CC(=O)Oc1ccc([N+](=O)[O-])cc1.O=C(Cl)Oc1ccc([N+](=O)[O-])cc1. The van der Waals surface area contributed by atoms with E-state index in [1.54, 1.807) is 0 Å². The van der Waals surface area contributed by atoms with Gasteiger partial charge in [0.05, 0.1) is 9.85 Å². The van der Waals surface area contributed by atoms with Crippen LogP contribution >= 0.6 is 11.6 Å². The fraction of sp³-hybridized carbons (Fsp3) is 0.125. The van der Waals surface area contributed by atoms with Crippen LogP contribution in [0.1, 0.15) is 14.4 Å². The standard InChI is InChI=1S/C8H7NO4.C7H4ClNO4.CH4/c1-6(10)13-8-4-2-7(3-5-8)9(11)12;8-7(10)13-6-3-1-5(2-4-6)9(11)12;/h2-5H,1H3;1-4H;1H4. The van der Waals surface area contributed by atoms with Gasteiger partial charge in [-0.1, -0.05) is 7.43 Å². The zero-order valence-electron chi connectivity index (χ0n) is 13.2. The van der Waals surface area contributed by atoms with Crippen molar-refractivity contribution in [3.05, 3.63) is 68.8 Å². The summed E-state index contributed by atoms with van der Waals surface area (Å²) in [5.41, 5.74) is -1.08. The molecule has 10 nitrogen and oxygen atoms in total. The van der Waals surface area contributed by atoms with E-state index in [-0.39, 0.29) is 24.6 Å². The molecule has 0 amide bonds. The number of halogens is 1. The molecule has 0 N–H and O–H groups in total. The number of non-ortho nitro benzene ring substituents is 2. The predicted octanol–water partition coefficient (Wildman–Crippen LogP) is 4.49. The summed E-state index contributed by atoms with van der Waals surface area (Å²) in [6.45, 7) is 1.27. The number of carbonyl (C=O) groups excluding carboxylic acids is 2. The van der Waals surface area contributed by atoms with Crippen LogP contribution in [-0.2, 0) is 4.79 Å². The van der Waals surface area contributed by atoms with Crippen molar-refractivity contribution in [2.45, 2.75) is 14.4 Å². The van der Waals surface area contributed by atoms with Gasteiger partial charge in [-0.05, 0) is 24.3 Å². The van der Waals surface area contributed by atoms with Crippen molar-refractivity contribution in [3.8, 4) is 11.5 Å². The van der Waals surface area contributed by atoms with Crippen molar-refractivity contribution in [1.82, 2.24) is 0 Å².